The minimum atomic E-state index is -0.407. The average molecular weight is 414 g/mol. The molecule has 6 heteroatoms. The first-order valence-electron chi connectivity index (χ1n) is 9.77. The average Bonchev–Trinajstić information content (AvgIpc) is 3.04. The lowest BCUT2D eigenvalue weighted by atomic mass is 10.0. The van der Waals surface area contributed by atoms with Crippen molar-refractivity contribution in [3.63, 3.8) is 0 Å². The van der Waals surface area contributed by atoms with Crippen LogP contribution in [0.4, 0.5) is 11.4 Å². The lowest BCUT2D eigenvalue weighted by Crippen LogP contribution is -2.32. The van der Waals surface area contributed by atoms with Crippen molar-refractivity contribution in [2.24, 2.45) is 0 Å². The van der Waals surface area contributed by atoms with Gasteiger partial charge in [0.15, 0.2) is 0 Å². The minimum absolute atomic E-state index is 0.223. The fourth-order valence-corrected chi connectivity index (χ4v) is 3.42. The van der Waals surface area contributed by atoms with Gasteiger partial charge in [0, 0.05) is 5.69 Å². The number of carbonyl (C=O) groups excluding carboxylic acids is 2. The standard InChI is InChI=1S/C25H22N2O4/c1-16-4-10-19(11-5-16)27-24(28)22(17-6-12-20(30-2)13-7-17)23(25(27)29)26-18-8-14-21(31-3)15-9-18/h4-15,26H,1-3H3. The number of amides is 2. The van der Waals surface area contributed by atoms with Crippen molar-refractivity contribution in [1.29, 1.82) is 0 Å². The quantitative estimate of drug-likeness (QED) is 0.605. The summed E-state index contributed by atoms with van der Waals surface area (Å²) in [5.74, 6) is 0.580. The van der Waals surface area contributed by atoms with E-state index in [1.165, 1.54) is 4.90 Å². The maximum absolute atomic E-state index is 13.4. The molecular weight excluding hydrogens is 392 g/mol. The van der Waals surface area contributed by atoms with Crippen molar-refractivity contribution in [1.82, 2.24) is 0 Å². The van der Waals surface area contributed by atoms with E-state index >= 15 is 0 Å². The van der Waals surface area contributed by atoms with E-state index in [0.717, 1.165) is 5.56 Å². The molecule has 0 saturated carbocycles. The molecule has 1 aliphatic heterocycles. The van der Waals surface area contributed by atoms with Crippen molar-refractivity contribution >= 4 is 28.8 Å². The number of imide groups is 1. The molecule has 3 aromatic rings. The maximum Gasteiger partial charge on any atom is 0.282 e. The van der Waals surface area contributed by atoms with Gasteiger partial charge in [0.05, 0.1) is 25.5 Å². The van der Waals surface area contributed by atoms with E-state index in [-0.39, 0.29) is 11.6 Å². The topological polar surface area (TPSA) is 67.9 Å². The SMILES string of the molecule is COc1ccc(NC2=C(c3ccc(OC)cc3)C(=O)N(c3ccc(C)cc3)C2=O)cc1. The monoisotopic (exact) mass is 414 g/mol. The Morgan fingerprint density at radius 2 is 1.26 bits per heavy atom. The second-order valence-corrected chi connectivity index (χ2v) is 7.11. The van der Waals surface area contributed by atoms with Crippen LogP contribution < -0.4 is 19.7 Å². The molecule has 2 amide bonds. The Hall–Kier alpha value is -4.06. The number of hydrogen-bond donors (Lipinski definition) is 1. The summed E-state index contributed by atoms with van der Waals surface area (Å²) in [6.07, 6.45) is 0. The molecule has 1 N–H and O–H groups in total. The van der Waals surface area contributed by atoms with Gasteiger partial charge in [-0.25, -0.2) is 4.90 Å². The molecule has 0 radical (unpaired) electrons. The highest BCUT2D eigenvalue weighted by Crippen LogP contribution is 2.34. The fraction of sp³-hybridized carbons (Fsp3) is 0.120. The van der Waals surface area contributed by atoms with Crippen LogP contribution in [0.3, 0.4) is 0 Å². The highest BCUT2D eigenvalue weighted by atomic mass is 16.5. The molecule has 4 rings (SSSR count). The molecule has 0 unspecified atom stereocenters. The Labute approximate surface area is 180 Å². The van der Waals surface area contributed by atoms with Gasteiger partial charge >= 0.3 is 0 Å². The second kappa shape index (κ2) is 8.36. The highest BCUT2D eigenvalue weighted by molar-refractivity contribution is 6.46. The zero-order valence-corrected chi connectivity index (χ0v) is 17.5. The summed E-state index contributed by atoms with van der Waals surface area (Å²) in [5, 5.41) is 3.14. The summed E-state index contributed by atoms with van der Waals surface area (Å²) in [4.78, 5) is 28.0. The number of benzene rings is 3. The first-order chi connectivity index (χ1) is 15.0. The molecule has 0 saturated heterocycles. The summed E-state index contributed by atoms with van der Waals surface area (Å²) in [5.41, 5.74) is 3.41. The highest BCUT2D eigenvalue weighted by Gasteiger charge is 2.40. The van der Waals surface area contributed by atoms with E-state index in [1.807, 2.05) is 19.1 Å². The summed E-state index contributed by atoms with van der Waals surface area (Å²) in [6.45, 7) is 1.95. The van der Waals surface area contributed by atoms with E-state index in [0.29, 0.717) is 34.0 Å². The van der Waals surface area contributed by atoms with Crippen LogP contribution in [0, 0.1) is 6.92 Å². The van der Waals surface area contributed by atoms with Gasteiger partial charge in [0.25, 0.3) is 11.8 Å². The Morgan fingerprint density at radius 3 is 1.81 bits per heavy atom. The number of nitrogens with one attached hydrogen (secondary N) is 1. The van der Waals surface area contributed by atoms with Crippen LogP contribution in [0.25, 0.3) is 5.57 Å². The van der Waals surface area contributed by atoms with Gasteiger partial charge in [-0.05, 0) is 61.0 Å². The number of ether oxygens (including phenoxy) is 2. The van der Waals surface area contributed by atoms with Crippen LogP contribution in [-0.4, -0.2) is 26.0 Å². The molecule has 31 heavy (non-hydrogen) atoms. The molecule has 3 aromatic carbocycles. The van der Waals surface area contributed by atoms with Crippen molar-refractivity contribution in [2.45, 2.75) is 6.92 Å². The maximum atomic E-state index is 13.4. The van der Waals surface area contributed by atoms with Crippen molar-refractivity contribution in [2.75, 3.05) is 24.4 Å². The lowest BCUT2D eigenvalue weighted by molar-refractivity contribution is -0.120. The zero-order chi connectivity index (χ0) is 22.0. The molecule has 0 aliphatic carbocycles. The van der Waals surface area contributed by atoms with Crippen LogP contribution in [0.5, 0.6) is 11.5 Å². The predicted octanol–water partition coefficient (Wildman–Crippen LogP) is 4.41. The molecule has 0 atom stereocenters. The molecule has 0 spiro atoms. The summed E-state index contributed by atoms with van der Waals surface area (Å²) in [6, 6.07) is 21.5. The fourth-order valence-electron chi connectivity index (χ4n) is 3.42. The normalized spacial score (nSPS) is 13.6. The molecule has 6 nitrogen and oxygen atoms in total. The van der Waals surface area contributed by atoms with Gasteiger partial charge in [0.2, 0.25) is 0 Å². The third kappa shape index (κ3) is 3.88. The van der Waals surface area contributed by atoms with Gasteiger partial charge < -0.3 is 14.8 Å². The number of rotatable bonds is 6. The molecule has 0 bridgehead atoms. The van der Waals surface area contributed by atoms with Gasteiger partial charge in [-0.1, -0.05) is 29.8 Å². The number of anilines is 2. The van der Waals surface area contributed by atoms with Crippen molar-refractivity contribution in [3.05, 3.63) is 89.6 Å². The van der Waals surface area contributed by atoms with E-state index in [9.17, 15) is 9.59 Å². The molecule has 0 fully saturated rings. The van der Waals surface area contributed by atoms with Crippen LogP contribution in [0.2, 0.25) is 0 Å². The van der Waals surface area contributed by atoms with E-state index in [1.54, 1.807) is 74.9 Å². The second-order valence-electron chi connectivity index (χ2n) is 7.11. The Kier molecular flexibility index (Phi) is 5.45. The number of aryl methyl sites for hydroxylation is 1. The number of methoxy groups -OCH3 is 2. The van der Waals surface area contributed by atoms with Gasteiger partial charge in [-0.3, -0.25) is 9.59 Å². The number of nitrogens with zero attached hydrogens (tertiary/aromatic N) is 1. The van der Waals surface area contributed by atoms with Crippen LogP contribution in [-0.2, 0) is 9.59 Å². The smallest absolute Gasteiger partial charge is 0.282 e. The Morgan fingerprint density at radius 1 is 0.710 bits per heavy atom. The molecule has 0 aromatic heterocycles. The minimum Gasteiger partial charge on any atom is -0.497 e. The molecular formula is C25H22N2O4. The summed E-state index contributed by atoms with van der Waals surface area (Å²) >= 11 is 0. The third-order valence-corrected chi connectivity index (χ3v) is 5.11. The molecule has 156 valence electrons. The number of hydrogen-bond acceptors (Lipinski definition) is 5. The van der Waals surface area contributed by atoms with E-state index in [4.69, 9.17) is 9.47 Å². The summed E-state index contributed by atoms with van der Waals surface area (Å²) < 4.78 is 10.4. The van der Waals surface area contributed by atoms with Gasteiger partial charge in [0.1, 0.15) is 17.2 Å². The van der Waals surface area contributed by atoms with E-state index in [2.05, 4.69) is 5.32 Å². The lowest BCUT2D eigenvalue weighted by Gasteiger charge is -2.15. The van der Waals surface area contributed by atoms with Crippen LogP contribution in [0.15, 0.2) is 78.5 Å². The Balaban J connectivity index is 1.78. The third-order valence-electron chi connectivity index (χ3n) is 5.11. The predicted molar refractivity (Wildman–Crippen MR) is 120 cm³/mol. The Bertz CT molecular complexity index is 1150. The first kappa shape index (κ1) is 20.2. The summed E-state index contributed by atoms with van der Waals surface area (Å²) in [7, 11) is 3.17. The van der Waals surface area contributed by atoms with Gasteiger partial charge in [-0.2, -0.15) is 0 Å². The van der Waals surface area contributed by atoms with Gasteiger partial charge in [-0.15, -0.1) is 0 Å². The first-order valence-corrected chi connectivity index (χ1v) is 9.77. The van der Waals surface area contributed by atoms with Crippen LogP contribution in [0.1, 0.15) is 11.1 Å². The van der Waals surface area contributed by atoms with Crippen molar-refractivity contribution in [3.8, 4) is 11.5 Å². The van der Waals surface area contributed by atoms with E-state index < -0.39 is 5.91 Å². The molecule has 1 aliphatic rings. The number of carbonyl (C=O) groups is 2. The van der Waals surface area contributed by atoms with Crippen LogP contribution >= 0.6 is 0 Å². The molecule has 1 heterocycles. The largest absolute Gasteiger partial charge is 0.497 e. The van der Waals surface area contributed by atoms with Crippen molar-refractivity contribution < 1.29 is 19.1 Å². The zero-order valence-electron chi connectivity index (χ0n) is 17.5.